The summed E-state index contributed by atoms with van der Waals surface area (Å²) in [5.74, 6) is 0.0526. The van der Waals surface area contributed by atoms with Crippen molar-refractivity contribution in [3.63, 3.8) is 0 Å². The fourth-order valence-corrected chi connectivity index (χ4v) is 1.59. The van der Waals surface area contributed by atoms with E-state index in [1.807, 2.05) is 19.9 Å². The van der Waals surface area contributed by atoms with Crippen molar-refractivity contribution >= 4 is 0 Å². The third kappa shape index (κ3) is 5.02. The summed E-state index contributed by atoms with van der Waals surface area (Å²) in [6.07, 6.45) is 0.767. The maximum absolute atomic E-state index is 13.7. The van der Waals surface area contributed by atoms with E-state index in [0.717, 1.165) is 18.5 Å². The van der Waals surface area contributed by atoms with E-state index in [4.69, 9.17) is 9.47 Å². The molecule has 0 heterocycles. The molecule has 1 N–H and O–H groups in total. The Bertz CT molecular complexity index is 345. The maximum Gasteiger partial charge on any atom is 0.165 e. The second kappa shape index (κ2) is 8.89. The lowest BCUT2D eigenvalue weighted by atomic mass is 10.2. The van der Waals surface area contributed by atoms with Gasteiger partial charge in [-0.15, -0.1) is 0 Å². The van der Waals surface area contributed by atoms with E-state index < -0.39 is 0 Å². The van der Waals surface area contributed by atoms with Crippen LogP contribution in [0.25, 0.3) is 0 Å². The van der Waals surface area contributed by atoms with Crippen LogP contribution < -0.4 is 10.1 Å². The lowest BCUT2D eigenvalue weighted by molar-refractivity contribution is 0.130. The summed E-state index contributed by atoms with van der Waals surface area (Å²) in [5, 5.41) is 3.17. The second-order valence-electron chi connectivity index (χ2n) is 3.91. The van der Waals surface area contributed by atoms with Crippen LogP contribution in [0.5, 0.6) is 5.75 Å². The summed E-state index contributed by atoms with van der Waals surface area (Å²) in [7, 11) is 0. The molecule has 1 aromatic rings. The summed E-state index contributed by atoms with van der Waals surface area (Å²) in [4.78, 5) is 0. The van der Waals surface area contributed by atoms with Crippen LogP contribution in [-0.4, -0.2) is 26.4 Å². The maximum atomic E-state index is 13.7. The van der Waals surface area contributed by atoms with Gasteiger partial charge in [-0.1, -0.05) is 19.1 Å². The van der Waals surface area contributed by atoms with Gasteiger partial charge in [-0.25, -0.2) is 4.39 Å². The van der Waals surface area contributed by atoms with Crippen molar-refractivity contribution in [2.24, 2.45) is 0 Å². The van der Waals surface area contributed by atoms with Gasteiger partial charge in [-0.3, -0.25) is 0 Å². The van der Waals surface area contributed by atoms with Crippen molar-refractivity contribution in [2.45, 2.75) is 26.8 Å². The van der Waals surface area contributed by atoms with E-state index in [9.17, 15) is 4.39 Å². The van der Waals surface area contributed by atoms with E-state index in [2.05, 4.69) is 5.32 Å². The minimum Gasteiger partial charge on any atom is -0.490 e. The van der Waals surface area contributed by atoms with Gasteiger partial charge in [0.2, 0.25) is 0 Å². The van der Waals surface area contributed by atoms with Crippen LogP contribution in [0.4, 0.5) is 4.39 Å². The molecule has 0 aliphatic rings. The third-order valence-electron chi connectivity index (χ3n) is 2.50. The monoisotopic (exact) mass is 255 g/mol. The van der Waals surface area contributed by atoms with Gasteiger partial charge in [-0.05, 0) is 19.5 Å². The summed E-state index contributed by atoms with van der Waals surface area (Å²) < 4.78 is 24.4. The molecule has 1 aromatic carbocycles. The molecule has 0 radical (unpaired) electrons. The average Bonchev–Trinajstić information content (AvgIpc) is 2.38. The molecule has 0 aliphatic carbocycles. The summed E-state index contributed by atoms with van der Waals surface area (Å²) in [6, 6.07) is 5.01. The highest BCUT2D eigenvalue weighted by Crippen LogP contribution is 2.22. The first-order valence-electron chi connectivity index (χ1n) is 6.48. The summed E-state index contributed by atoms with van der Waals surface area (Å²) in [6.45, 7) is 7.25. The minimum absolute atomic E-state index is 0.304. The second-order valence-corrected chi connectivity index (χ2v) is 3.91. The molecule has 0 fully saturated rings. The Labute approximate surface area is 108 Å². The van der Waals surface area contributed by atoms with Gasteiger partial charge in [0.15, 0.2) is 11.6 Å². The molecule has 0 aliphatic heterocycles. The number of benzene rings is 1. The topological polar surface area (TPSA) is 30.5 Å². The molecular formula is C14H22FNO2. The minimum atomic E-state index is -0.304. The largest absolute Gasteiger partial charge is 0.490 e. The molecule has 18 heavy (non-hydrogen) atoms. The number of para-hydroxylation sites is 1. The van der Waals surface area contributed by atoms with Crippen molar-refractivity contribution in [3.05, 3.63) is 29.6 Å². The average molecular weight is 255 g/mol. The van der Waals surface area contributed by atoms with Crippen LogP contribution in [0.1, 0.15) is 25.8 Å². The van der Waals surface area contributed by atoms with Crippen LogP contribution in [0.15, 0.2) is 18.2 Å². The quantitative estimate of drug-likeness (QED) is 0.688. The summed E-state index contributed by atoms with van der Waals surface area (Å²) >= 11 is 0. The number of nitrogens with one attached hydrogen (secondary N) is 1. The van der Waals surface area contributed by atoms with Crippen molar-refractivity contribution in [2.75, 3.05) is 26.4 Å². The Kier molecular flexibility index (Phi) is 7.37. The highest BCUT2D eigenvalue weighted by Gasteiger charge is 2.09. The molecule has 0 unspecified atom stereocenters. The SMILES string of the molecule is CCNCc1cccc(F)c1OCCCOCC. The van der Waals surface area contributed by atoms with E-state index in [1.54, 1.807) is 6.07 Å². The molecular weight excluding hydrogens is 233 g/mol. The van der Waals surface area contributed by atoms with Crippen molar-refractivity contribution in [1.29, 1.82) is 0 Å². The zero-order chi connectivity index (χ0) is 13.2. The van der Waals surface area contributed by atoms with Crippen molar-refractivity contribution in [1.82, 2.24) is 5.32 Å². The number of rotatable bonds is 9. The zero-order valence-electron chi connectivity index (χ0n) is 11.2. The fourth-order valence-electron chi connectivity index (χ4n) is 1.59. The highest BCUT2D eigenvalue weighted by molar-refractivity contribution is 5.34. The predicted octanol–water partition coefficient (Wildman–Crippen LogP) is 2.74. The molecule has 0 amide bonds. The predicted molar refractivity (Wildman–Crippen MR) is 70.4 cm³/mol. The third-order valence-corrected chi connectivity index (χ3v) is 2.50. The first-order valence-corrected chi connectivity index (χ1v) is 6.48. The lowest BCUT2D eigenvalue weighted by Gasteiger charge is -2.12. The molecule has 0 saturated carbocycles. The Balaban J connectivity index is 2.50. The number of halogens is 1. The number of ether oxygens (including phenoxy) is 2. The molecule has 0 spiro atoms. The van der Waals surface area contributed by atoms with E-state index in [1.165, 1.54) is 6.07 Å². The van der Waals surface area contributed by atoms with Crippen molar-refractivity contribution < 1.29 is 13.9 Å². The molecule has 102 valence electrons. The van der Waals surface area contributed by atoms with Gasteiger partial charge in [0.25, 0.3) is 0 Å². The Morgan fingerprint density at radius 3 is 2.78 bits per heavy atom. The molecule has 0 atom stereocenters. The van der Waals surface area contributed by atoms with E-state index in [-0.39, 0.29) is 5.82 Å². The highest BCUT2D eigenvalue weighted by atomic mass is 19.1. The van der Waals surface area contributed by atoms with Gasteiger partial charge in [0, 0.05) is 31.7 Å². The van der Waals surface area contributed by atoms with Crippen LogP contribution in [0.2, 0.25) is 0 Å². The van der Waals surface area contributed by atoms with Crippen LogP contribution in [0, 0.1) is 5.82 Å². The van der Waals surface area contributed by atoms with Gasteiger partial charge >= 0.3 is 0 Å². The number of hydrogen-bond donors (Lipinski definition) is 1. The molecule has 4 heteroatoms. The van der Waals surface area contributed by atoms with Crippen LogP contribution in [0.3, 0.4) is 0 Å². The van der Waals surface area contributed by atoms with Gasteiger partial charge < -0.3 is 14.8 Å². The van der Waals surface area contributed by atoms with Gasteiger partial charge in [0.05, 0.1) is 6.61 Å². The Morgan fingerprint density at radius 2 is 2.06 bits per heavy atom. The fraction of sp³-hybridized carbons (Fsp3) is 0.571. The smallest absolute Gasteiger partial charge is 0.165 e. The first-order chi connectivity index (χ1) is 8.79. The van der Waals surface area contributed by atoms with Crippen LogP contribution >= 0.6 is 0 Å². The van der Waals surface area contributed by atoms with E-state index >= 15 is 0 Å². The Hall–Kier alpha value is -1.13. The normalized spacial score (nSPS) is 10.6. The number of hydrogen-bond acceptors (Lipinski definition) is 3. The molecule has 0 aromatic heterocycles. The first kappa shape index (κ1) is 14.9. The van der Waals surface area contributed by atoms with Gasteiger partial charge in [0.1, 0.15) is 0 Å². The molecule has 3 nitrogen and oxygen atoms in total. The molecule has 0 saturated heterocycles. The molecule has 0 bridgehead atoms. The van der Waals surface area contributed by atoms with Crippen LogP contribution in [-0.2, 0) is 11.3 Å². The van der Waals surface area contributed by atoms with E-state index in [0.29, 0.717) is 32.1 Å². The zero-order valence-corrected chi connectivity index (χ0v) is 11.2. The molecule has 1 rings (SSSR count). The lowest BCUT2D eigenvalue weighted by Crippen LogP contribution is -2.14. The Morgan fingerprint density at radius 1 is 1.22 bits per heavy atom. The van der Waals surface area contributed by atoms with Crippen molar-refractivity contribution in [3.8, 4) is 5.75 Å². The summed E-state index contributed by atoms with van der Waals surface area (Å²) in [5.41, 5.74) is 0.855. The van der Waals surface area contributed by atoms with Gasteiger partial charge in [-0.2, -0.15) is 0 Å². The standard InChI is InChI=1S/C14H22FNO2/c1-3-16-11-12-7-5-8-13(15)14(12)18-10-6-9-17-4-2/h5,7-8,16H,3-4,6,9-11H2,1-2H3.